The number of amides is 1. The molecule has 4 heterocycles. The quantitative estimate of drug-likeness (QED) is 0.382. The van der Waals surface area contributed by atoms with Gasteiger partial charge in [0.15, 0.2) is 0 Å². The Bertz CT molecular complexity index is 1470. The average molecular weight is 550 g/mol. The first kappa shape index (κ1) is 24.3. The lowest BCUT2D eigenvalue weighted by molar-refractivity contribution is -0.130. The number of anilines is 1. The van der Waals surface area contributed by atoms with Gasteiger partial charge in [-0.25, -0.2) is 13.4 Å². The van der Waals surface area contributed by atoms with E-state index in [1.54, 1.807) is 41.8 Å². The Hall–Kier alpha value is -2.44. The maximum Gasteiger partial charge on any atom is 0.273 e. The van der Waals surface area contributed by atoms with Gasteiger partial charge < -0.3 is 9.88 Å². The van der Waals surface area contributed by atoms with E-state index in [2.05, 4.69) is 14.9 Å². The molecule has 0 unspecified atom stereocenters. The van der Waals surface area contributed by atoms with Crippen LogP contribution in [0.1, 0.15) is 11.8 Å². The first-order valence-corrected chi connectivity index (χ1v) is 14.5. The van der Waals surface area contributed by atoms with Crippen LogP contribution in [0.2, 0.25) is 5.02 Å². The molecule has 1 fully saturated rings. The molecule has 0 radical (unpaired) electrons. The number of carbonyl (C=O) groups excluding carboxylic acids is 1. The van der Waals surface area contributed by atoms with Crippen molar-refractivity contribution in [2.24, 2.45) is 0 Å². The Morgan fingerprint density at radius 2 is 2.00 bits per heavy atom. The highest BCUT2D eigenvalue weighted by molar-refractivity contribution is 7.94. The molecule has 8 nitrogen and oxygen atoms in total. The number of aromatic amines is 1. The minimum atomic E-state index is -3.74. The monoisotopic (exact) mass is 549 g/mol. The number of nitrogens with one attached hydrogen (secondary N) is 1. The number of hydrogen-bond donors (Lipinski definition) is 1. The Balaban J connectivity index is 1.40. The van der Waals surface area contributed by atoms with Gasteiger partial charge in [-0.05, 0) is 23.6 Å². The lowest BCUT2D eigenvalue weighted by Crippen LogP contribution is -2.47. The fraction of sp³-hybridized carbons (Fsp3) is 0.304. The van der Waals surface area contributed by atoms with E-state index >= 15 is 0 Å². The van der Waals surface area contributed by atoms with Crippen molar-refractivity contribution in [1.29, 1.82) is 0 Å². The number of fused-ring (bicyclic) bond motifs is 1. The number of H-pyrrole nitrogens is 1. The fourth-order valence-electron chi connectivity index (χ4n) is 4.19. The number of aromatic nitrogens is 2. The second-order valence-corrected chi connectivity index (χ2v) is 13.0. The van der Waals surface area contributed by atoms with Crippen molar-refractivity contribution < 1.29 is 13.2 Å². The Labute approximate surface area is 216 Å². The lowest BCUT2D eigenvalue weighted by Gasteiger charge is -2.33. The fourth-order valence-corrected chi connectivity index (χ4v) is 7.84. The molecule has 1 aliphatic heterocycles. The van der Waals surface area contributed by atoms with E-state index in [9.17, 15) is 13.2 Å². The summed E-state index contributed by atoms with van der Waals surface area (Å²) < 4.78 is 27.8. The van der Waals surface area contributed by atoms with Crippen LogP contribution in [-0.4, -0.2) is 67.3 Å². The number of benzene rings is 1. The molecule has 12 heteroatoms. The van der Waals surface area contributed by atoms with Crippen LogP contribution in [0.15, 0.2) is 46.1 Å². The molecule has 35 heavy (non-hydrogen) atoms. The SMILES string of the molecule is CC(=O)N1CCN(Cc2cnc(-c3cc4ccc(Cl)c(N(C)S(=O)(=O)c5cccs5)c4[nH]3)s2)CC1. The second-order valence-electron chi connectivity index (χ2n) is 8.36. The highest BCUT2D eigenvalue weighted by Gasteiger charge is 2.27. The first-order chi connectivity index (χ1) is 16.7. The van der Waals surface area contributed by atoms with Crippen LogP contribution in [0.4, 0.5) is 5.69 Å². The van der Waals surface area contributed by atoms with Gasteiger partial charge in [-0.15, -0.1) is 22.7 Å². The summed E-state index contributed by atoms with van der Waals surface area (Å²) in [5, 5.41) is 3.76. The molecular weight excluding hydrogens is 526 g/mol. The first-order valence-electron chi connectivity index (χ1n) is 11.0. The minimum absolute atomic E-state index is 0.122. The Morgan fingerprint density at radius 1 is 1.23 bits per heavy atom. The molecule has 1 N–H and O–H groups in total. The molecule has 1 aliphatic rings. The molecule has 5 rings (SSSR count). The van der Waals surface area contributed by atoms with Crippen LogP contribution in [0.3, 0.4) is 0 Å². The zero-order valence-electron chi connectivity index (χ0n) is 19.2. The van der Waals surface area contributed by atoms with Crippen molar-refractivity contribution in [3.63, 3.8) is 0 Å². The van der Waals surface area contributed by atoms with Crippen molar-refractivity contribution in [1.82, 2.24) is 19.8 Å². The summed E-state index contributed by atoms with van der Waals surface area (Å²) in [7, 11) is -2.22. The number of rotatable bonds is 6. The second kappa shape index (κ2) is 9.55. The lowest BCUT2D eigenvalue weighted by atomic mass is 10.2. The van der Waals surface area contributed by atoms with Crippen LogP contribution in [0, 0.1) is 0 Å². The summed E-state index contributed by atoms with van der Waals surface area (Å²) in [6.07, 6.45) is 1.88. The molecule has 1 saturated heterocycles. The summed E-state index contributed by atoms with van der Waals surface area (Å²) in [6, 6.07) is 8.85. The third kappa shape index (κ3) is 4.70. The predicted octanol–water partition coefficient (Wildman–Crippen LogP) is 4.50. The average Bonchev–Trinajstić information content (AvgIpc) is 3.59. The van der Waals surface area contributed by atoms with Gasteiger partial charge in [0.05, 0.1) is 21.9 Å². The van der Waals surface area contributed by atoms with Crippen molar-refractivity contribution in [2.45, 2.75) is 17.7 Å². The predicted molar refractivity (Wildman–Crippen MR) is 142 cm³/mol. The van der Waals surface area contributed by atoms with Gasteiger partial charge in [0.25, 0.3) is 10.0 Å². The van der Waals surface area contributed by atoms with Crippen LogP contribution in [0.25, 0.3) is 21.6 Å². The highest BCUT2D eigenvalue weighted by Crippen LogP contribution is 2.39. The molecule has 0 atom stereocenters. The number of hydrogen-bond acceptors (Lipinski definition) is 7. The summed E-state index contributed by atoms with van der Waals surface area (Å²) in [4.78, 5) is 24.8. The van der Waals surface area contributed by atoms with E-state index in [4.69, 9.17) is 11.6 Å². The number of nitrogens with zero attached hydrogens (tertiary/aromatic N) is 4. The topological polar surface area (TPSA) is 89.6 Å². The Kier molecular flexibility index (Phi) is 6.62. The van der Waals surface area contributed by atoms with Crippen LogP contribution in [-0.2, 0) is 21.4 Å². The molecule has 3 aromatic heterocycles. The number of thiazole rings is 1. The third-order valence-electron chi connectivity index (χ3n) is 6.13. The van der Waals surface area contributed by atoms with Crippen LogP contribution >= 0.6 is 34.3 Å². The number of thiophene rings is 1. The third-order valence-corrected chi connectivity index (χ3v) is 10.6. The van der Waals surface area contributed by atoms with Gasteiger partial charge in [-0.3, -0.25) is 14.0 Å². The van der Waals surface area contributed by atoms with Crippen molar-refractivity contribution >= 4 is 66.8 Å². The molecular formula is C23H24ClN5O3S3. The van der Waals surface area contributed by atoms with Gasteiger partial charge >= 0.3 is 0 Å². The van der Waals surface area contributed by atoms with Gasteiger partial charge in [0, 0.05) is 63.2 Å². The van der Waals surface area contributed by atoms with Gasteiger partial charge in [-0.2, -0.15) is 0 Å². The summed E-state index contributed by atoms with van der Waals surface area (Å²) in [6.45, 7) is 5.56. The summed E-state index contributed by atoms with van der Waals surface area (Å²) in [5.74, 6) is 0.122. The molecule has 0 bridgehead atoms. The van der Waals surface area contributed by atoms with Gasteiger partial charge in [0.1, 0.15) is 9.22 Å². The number of halogens is 1. The summed E-state index contributed by atoms with van der Waals surface area (Å²) in [5.41, 5.74) is 1.86. The van der Waals surface area contributed by atoms with E-state index < -0.39 is 10.0 Å². The van der Waals surface area contributed by atoms with Crippen molar-refractivity contribution in [3.05, 3.63) is 51.8 Å². The van der Waals surface area contributed by atoms with Crippen molar-refractivity contribution in [3.8, 4) is 10.7 Å². The molecule has 1 amide bonds. The summed E-state index contributed by atoms with van der Waals surface area (Å²) >= 11 is 9.26. The largest absolute Gasteiger partial charge is 0.351 e. The Morgan fingerprint density at radius 3 is 2.69 bits per heavy atom. The molecule has 0 saturated carbocycles. The zero-order chi connectivity index (χ0) is 24.7. The van der Waals surface area contributed by atoms with E-state index in [0.717, 1.165) is 53.7 Å². The minimum Gasteiger partial charge on any atom is -0.351 e. The number of piperazine rings is 1. The van der Waals surface area contributed by atoms with E-state index in [1.165, 1.54) is 22.7 Å². The van der Waals surface area contributed by atoms with Crippen molar-refractivity contribution in [2.75, 3.05) is 37.5 Å². The van der Waals surface area contributed by atoms with Gasteiger partial charge in [0.2, 0.25) is 5.91 Å². The van der Waals surface area contributed by atoms with E-state index in [0.29, 0.717) is 16.2 Å². The highest BCUT2D eigenvalue weighted by atomic mass is 35.5. The molecule has 4 aromatic rings. The molecule has 1 aromatic carbocycles. The van der Waals surface area contributed by atoms with E-state index in [1.807, 2.05) is 23.2 Å². The smallest absolute Gasteiger partial charge is 0.273 e. The molecule has 0 aliphatic carbocycles. The number of carbonyl (C=O) groups is 1. The maximum absolute atomic E-state index is 13.1. The normalized spacial score (nSPS) is 15.1. The van der Waals surface area contributed by atoms with Crippen LogP contribution < -0.4 is 4.31 Å². The zero-order valence-corrected chi connectivity index (χ0v) is 22.4. The standard InChI is InChI=1S/C23H24ClN5O3S3/c1-15(30)29-9-7-28(8-10-29)14-17-13-25-23(34-17)19-12-16-5-6-18(24)22(21(16)26-19)27(2)35(31,32)20-4-3-11-33-20/h3-6,11-13,26H,7-10,14H2,1-2H3. The van der Waals surface area contributed by atoms with E-state index in [-0.39, 0.29) is 10.1 Å². The molecule has 184 valence electrons. The van der Waals surface area contributed by atoms with Gasteiger partial charge in [-0.1, -0.05) is 23.7 Å². The maximum atomic E-state index is 13.1. The van der Waals surface area contributed by atoms with Crippen LogP contribution in [0.5, 0.6) is 0 Å². The number of sulfonamides is 1. The molecule has 0 spiro atoms.